The van der Waals surface area contributed by atoms with Crippen molar-refractivity contribution in [2.45, 2.75) is 26.1 Å². The van der Waals surface area contributed by atoms with Gasteiger partial charge in [-0.1, -0.05) is 31.2 Å². The van der Waals surface area contributed by atoms with Gasteiger partial charge in [0, 0.05) is 6.54 Å². The minimum atomic E-state index is -4.55. The zero-order valence-electron chi connectivity index (χ0n) is 16.8. The van der Waals surface area contributed by atoms with Gasteiger partial charge in [0.05, 0.1) is 12.1 Å². The molecule has 168 valence electrons. The van der Waals surface area contributed by atoms with Crippen molar-refractivity contribution >= 4 is 5.91 Å². The molecule has 1 heterocycles. The maximum absolute atomic E-state index is 14.3. The average Bonchev–Trinajstić information content (AvgIpc) is 2.75. The van der Waals surface area contributed by atoms with Gasteiger partial charge in [-0.3, -0.25) is 14.2 Å². The number of rotatable bonds is 6. The minimum absolute atomic E-state index is 0.198. The van der Waals surface area contributed by atoms with Gasteiger partial charge in [0.15, 0.2) is 0 Å². The molecule has 0 spiro atoms. The van der Waals surface area contributed by atoms with Crippen LogP contribution in [0, 0.1) is 5.82 Å². The number of alkyl halides is 3. The highest BCUT2D eigenvalue weighted by Crippen LogP contribution is 2.29. The van der Waals surface area contributed by atoms with Gasteiger partial charge in [0.2, 0.25) is 5.69 Å². The van der Waals surface area contributed by atoms with Gasteiger partial charge in [0.25, 0.3) is 11.5 Å². The second-order valence-corrected chi connectivity index (χ2v) is 6.84. The van der Waals surface area contributed by atoms with Gasteiger partial charge in [-0.15, -0.1) is 0 Å². The summed E-state index contributed by atoms with van der Waals surface area (Å²) in [4.78, 5) is 38.2. The Morgan fingerprint density at radius 2 is 1.72 bits per heavy atom. The Bertz CT molecular complexity index is 1250. The lowest BCUT2D eigenvalue weighted by atomic mass is 10.1. The molecule has 0 aliphatic carbocycles. The quantitative estimate of drug-likeness (QED) is 0.586. The molecule has 11 heteroatoms. The van der Waals surface area contributed by atoms with Crippen molar-refractivity contribution in [3.8, 4) is 5.69 Å². The number of benzene rings is 2. The van der Waals surface area contributed by atoms with Crippen LogP contribution in [-0.2, 0) is 12.7 Å². The van der Waals surface area contributed by atoms with E-state index in [2.05, 4.69) is 10.4 Å². The Morgan fingerprint density at radius 3 is 2.31 bits per heavy atom. The molecule has 2 aromatic carbocycles. The molecular formula is C21H18F4N4O3. The third-order valence-corrected chi connectivity index (χ3v) is 4.51. The third kappa shape index (κ3) is 4.76. The number of carbonyl (C=O) groups is 1. The smallest absolute Gasteiger partial charge is 0.350 e. The molecule has 3 rings (SSSR count). The van der Waals surface area contributed by atoms with Crippen LogP contribution >= 0.6 is 0 Å². The topological polar surface area (TPSA) is 86.0 Å². The number of nitrogens with one attached hydrogen (secondary N) is 1. The van der Waals surface area contributed by atoms with Gasteiger partial charge in [-0.2, -0.15) is 23.0 Å². The van der Waals surface area contributed by atoms with Crippen LogP contribution in [0.4, 0.5) is 17.6 Å². The Labute approximate surface area is 178 Å². The molecule has 0 saturated carbocycles. The Hall–Kier alpha value is -3.76. The minimum Gasteiger partial charge on any atom is -0.350 e. The molecule has 1 N–H and O–H groups in total. The van der Waals surface area contributed by atoms with Crippen molar-refractivity contribution in [2.24, 2.45) is 0 Å². The molecule has 1 amide bonds. The Balaban J connectivity index is 2.15. The van der Waals surface area contributed by atoms with Crippen molar-refractivity contribution in [1.29, 1.82) is 0 Å². The maximum Gasteiger partial charge on any atom is 0.416 e. The third-order valence-electron chi connectivity index (χ3n) is 4.51. The summed E-state index contributed by atoms with van der Waals surface area (Å²) in [5.41, 5.74) is -3.73. The summed E-state index contributed by atoms with van der Waals surface area (Å²) in [5, 5.41) is 6.24. The molecule has 0 bridgehead atoms. The molecular weight excluding hydrogens is 432 g/mol. The van der Waals surface area contributed by atoms with Crippen LogP contribution in [0.2, 0.25) is 0 Å². The fourth-order valence-corrected chi connectivity index (χ4v) is 2.88. The van der Waals surface area contributed by atoms with E-state index in [1.165, 1.54) is 18.2 Å². The summed E-state index contributed by atoms with van der Waals surface area (Å²) in [6, 6.07) is 8.98. The summed E-state index contributed by atoms with van der Waals surface area (Å²) in [6.45, 7) is 1.58. The zero-order valence-corrected chi connectivity index (χ0v) is 16.8. The predicted octanol–water partition coefficient (Wildman–Crippen LogP) is 2.74. The average molecular weight is 450 g/mol. The van der Waals surface area contributed by atoms with Crippen molar-refractivity contribution in [2.75, 3.05) is 6.54 Å². The van der Waals surface area contributed by atoms with E-state index in [0.717, 1.165) is 30.3 Å². The zero-order chi connectivity index (χ0) is 23.5. The SMILES string of the molecule is CCCNC(=O)c1nn(-c2ccccc2F)c(=O)n(Cc2ccc(C(F)(F)F)cc2)c1=O. The van der Waals surface area contributed by atoms with Gasteiger partial charge in [-0.05, 0) is 36.2 Å². The highest BCUT2D eigenvalue weighted by molar-refractivity contribution is 5.91. The number of para-hydroxylation sites is 1. The van der Waals surface area contributed by atoms with E-state index in [1.807, 2.05) is 0 Å². The van der Waals surface area contributed by atoms with Crippen LogP contribution in [0.25, 0.3) is 5.69 Å². The molecule has 0 atom stereocenters. The van der Waals surface area contributed by atoms with E-state index >= 15 is 0 Å². The molecule has 0 fully saturated rings. The molecule has 32 heavy (non-hydrogen) atoms. The lowest BCUT2D eigenvalue weighted by Gasteiger charge is -2.13. The number of amides is 1. The summed E-state index contributed by atoms with van der Waals surface area (Å²) in [6.07, 6.45) is -3.98. The lowest BCUT2D eigenvalue weighted by Crippen LogP contribution is -2.46. The highest BCUT2D eigenvalue weighted by Gasteiger charge is 2.30. The van der Waals surface area contributed by atoms with Gasteiger partial charge >= 0.3 is 11.9 Å². The number of hydrogen-bond acceptors (Lipinski definition) is 4. The van der Waals surface area contributed by atoms with E-state index in [4.69, 9.17) is 0 Å². The fourth-order valence-electron chi connectivity index (χ4n) is 2.88. The first-order chi connectivity index (χ1) is 15.1. The van der Waals surface area contributed by atoms with Crippen LogP contribution < -0.4 is 16.6 Å². The van der Waals surface area contributed by atoms with Crippen LogP contribution in [-0.4, -0.2) is 26.8 Å². The summed E-state index contributed by atoms with van der Waals surface area (Å²) >= 11 is 0. The monoisotopic (exact) mass is 450 g/mol. The van der Waals surface area contributed by atoms with Crippen molar-refractivity contribution < 1.29 is 22.4 Å². The van der Waals surface area contributed by atoms with E-state index in [1.54, 1.807) is 6.92 Å². The number of carbonyl (C=O) groups excluding carboxylic acids is 1. The fraction of sp³-hybridized carbons (Fsp3) is 0.238. The highest BCUT2D eigenvalue weighted by atomic mass is 19.4. The number of halogens is 4. The summed E-state index contributed by atoms with van der Waals surface area (Å²) in [5.74, 6) is -1.68. The molecule has 0 aliphatic rings. The number of nitrogens with zero attached hydrogens (tertiary/aromatic N) is 3. The Morgan fingerprint density at radius 1 is 1.06 bits per heavy atom. The lowest BCUT2D eigenvalue weighted by molar-refractivity contribution is -0.137. The molecule has 7 nitrogen and oxygen atoms in total. The van der Waals surface area contributed by atoms with Gasteiger partial charge in [-0.25, -0.2) is 9.18 Å². The molecule has 0 unspecified atom stereocenters. The largest absolute Gasteiger partial charge is 0.416 e. The standard InChI is InChI=1S/C21H18F4N4O3/c1-2-11-26-18(30)17-19(31)28(12-13-7-9-14(10-8-13)21(23,24)25)20(32)29(27-17)16-6-4-3-5-15(16)22/h3-10H,2,11-12H2,1H3,(H,26,30). The molecule has 0 radical (unpaired) electrons. The van der Waals surface area contributed by atoms with E-state index in [0.29, 0.717) is 15.7 Å². The normalized spacial score (nSPS) is 11.4. The van der Waals surface area contributed by atoms with Crippen molar-refractivity contribution in [3.63, 3.8) is 0 Å². The van der Waals surface area contributed by atoms with Crippen LogP contribution in [0.15, 0.2) is 58.1 Å². The molecule has 0 saturated heterocycles. The van der Waals surface area contributed by atoms with E-state index in [9.17, 15) is 31.9 Å². The maximum atomic E-state index is 14.3. The number of hydrogen-bond donors (Lipinski definition) is 1. The predicted molar refractivity (Wildman–Crippen MR) is 107 cm³/mol. The molecule has 1 aromatic heterocycles. The Kier molecular flexibility index (Phi) is 6.56. The van der Waals surface area contributed by atoms with E-state index < -0.39 is 47.0 Å². The van der Waals surface area contributed by atoms with Crippen LogP contribution in [0.5, 0.6) is 0 Å². The second kappa shape index (κ2) is 9.16. The summed E-state index contributed by atoms with van der Waals surface area (Å²) < 4.78 is 53.9. The van der Waals surface area contributed by atoms with Gasteiger partial charge < -0.3 is 5.32 Å². The number of aromatic nitrogens is 3. The first-order valence-electron chi connectivity index (χ1n) is 9.57. The first-order valence-corrected chi connectivity index (χ1v) is 9.57. The molecule has 0 aliphatic heterocycles. The van der Waals surface area contributed by atoms with E-state index in [-0.39, 0.29) is 17.8 Å². The van der Waals surface area contributed by atoms with Gasteiger partial charge in [0.1, 0.15) is 11.5 Å². The van der Waals surface area contributed by atoms with Crippen molar-refractivity contribution in [1.82, 2.24) is 19.7 Å². The van der Waals surface area contributed by atoms with Crippen LogP contribution in [0.3, 0.4) is 0 Å². The van der Waals surface area contributed by atoms with Crippen molar-refractivity contribution in [3.05, 3.63) is 92.0 Å². The second-order valence-electron chi connectivity index (χ2n) is 6.84. The molecule has 3 aromatic rings. The van der Waals surface area contributed by atoms with Crippen LogP contribution in [0.1, 0.15) is 35.0 Å². The summed E-state index contributed by atoms with van der Waals surface area (Å²) in [7, 11) is 0. The first kappa shape index (κ1) is 22.9.